The van der Waals surface area contributed by atoms with E-state index in [1.54, 1.807) is 24.7 Å². The van der Waals surface area contributed by atoms with Crippen molar-refractivity contribution in [3.05, 3.63) is 72.3 Å². The Morgan fingerprint density at radius 2 is 1.92 bits per heavy atom. The van der Waals surface area contributed by atoms with Crippen LogP contribution in [0.15, 0.2) is 71.1 Å². The van der Waals surface area contributed by atoms with E-state index in [0.29, 0.717) is 5.69 Å². The van der Waals surface area contributed by atoms with Gasteiger partial charge in [0.15, 0.2) is 0 Å². The van der Waals surface area contributed by atoms with Crippen molar-refractivity contribution < 1.29 is 4.79 Å². The number of pyridine rings is 3. The topological polar surface area (TPSA) is 67.8 Å². The van der Waals surface area contributed by atoms with Crippen LogP contribution < -0.4 is 5.32 Å². The molecule has 0 aliphatic heterocycles. The molecule has 0 unspecified atom stereocenters. The van der Waals surface area contributed by atoms with Crippen LogP contribution in [0.5, 0.6) is 0 Å². The van der Waals surface area contributed by atoms with Crippen LogP contribution in [0, 0.1) is 6.92 Å². The molecule has 0 spiro atoms. The Labute approximate surface area is 144 Å². The summed E-state index contributed by atoms with van der Waals surface area (Å²) in [5.74, 6) is -0.0827. The lowest BCUT2D eigenvalue weighted by Crippen LogP contribution is -2.14. The molecule has 1 amide bonds. The minimum absolute atomic E-state index is 0.0827. The van der Waals surface area contributed by atoms with Gasteiger partial charge < -0.3 is 5.32 Å². The highest BCUT2D eigenvalue weighted by atomic mass is 32.2. The van der Waals surface area contributed by atoms with Crippen molar-refractivity contribution in [2.75, 3.05) is 5.32 Å². The molecule has 3 heterocycles. The number of amides is 1. The van der Waals surface area contributed by atoms with Gasteiger partial charge in [-0.1, -0.05) is 23.9 Å². The normalized spacial score (nSPS) is 10.4. The number of aryl methyl sites for hydroxylation is 1. The molecule has 0 radical (unpaired) electrons. The summed E-state index contributed by atoms with van der Waals surface area (Å²) in [7, 11) is 0. The van der Waals surface area contributed by atoms with Gasteiger partial charge in [0.05, 0.1) is 6.42 Å². The van der Waals surface area contributed by atoms with E-state index in [-0.39, 0.29) is 12.3 Å². The standard InChI is InChI=1S/C18H16N4OS/c1-13-5-6-14(12-21-13)10-16(23)22-15-7-9-20-18(11-15)24-17-4-2-3-8-19-17/h2-9,11-12H,10H2,1H3,(H,20,22,23). The molecule has 0 saturated heterocycles. The summed E-state index contributed by atoms with van der Waals surface area (Å²) in [4.78, 5) is 24.9. The second-order valence-corrected chi connectivity index (χ2v) is 6.23. The number of hydrogen-bond donors (Lipinski definition) is 1. The zero-order chi connectivity index (χ0) is 16.8. The van der Waals surface area contributed by atoms with Crippen LogP contribution in [0.25, 0.3) is 0 Å². The van der Waals surface area contributed by atoms with Crippen molar-refractivity contribution in [3.63, 3.8) is 0 Å². The van der Waals surface area contributed by atoms with Crippen molar-refractivity contribution >= 4 is 23.4 Å². The van der Waals surface area contributed by atoms with Gasteiger partial charge >= 0.3 is 0 Å². The minimum atomic E-state index is -0.0827. The maximum absolute atomic E-state index is 12.2. The molecular formula is C18H16N4OS. The van der Waals surface area contributed by atoms with Gasteiger partial charge in [-0.2, -0.15) is 0 Å². The Morgan fingerprint density at radius 1 is 1.04 bits per heavy atom. The van der Waals surface area contributed by atoms with Crippen LogP contribution >= 0.6 is 11.8 Å². The largest absolute Gasteiger partial charge is 0.326 e. The highest BCUT2D eigenvalue weighted by molar-refractivity contribution is 7.99. The SMILES string of the molecule is Cc1ccc(CC(=O)Nc2ccnc(Sc3ccccn3)c2)cn1. The molecule has 0 aliphatic rings. The van der Waals surface area contributed by atoms with E-state index >= 15 is 0 Å². The highest BCUT2D eigenvalue weighted by Crippen LogP contribution is 2.25. The molecule has 6 heteroatoms. The highest BCUT2D eigenvalue weighted by Gasteiger charge is 2.06. The Morgan fingerprint density at radius 3 is 2.67 bits per heavy atom. The predicted octanol–water partition coefficient (Wildman–Crippen LogP) is 3.51. The van der Waals surface area contributed by atoms with Crippen LogP contribution in [0.1, 0.15) is 11.3 Å². The van der Waals surface area contributed by atoms with Gasteiger partial charge in [-0.15, -0.1) is 0 Å². The Hall–Kier alpha value is -2.73. The lowest BCUT2D eigenvalue weighted by atomic mass is 10.2. The lowest BCUT2D eigenvalue weighted by Gasteiger charge is -2.07. The maximum Gasteiger partial charge on any atom is 0.228 e. The molecule has 120 valence electrons. The van der Waals surface area contributed by atoms with Crippen molar-refractivity contribution in [1.82, 2.24) is 15.0 Å². The molecule has 0 atom stereocenters. The quantitative estimate of drug-likeness (QED) is 0.772. The first-order valence-corrected chi connectivity index (χ1v) is 8.27. The zero-order valence-electron chi connectivity index (χ0n) is 13.1. The molecule has 0 aliphatic carbocycles. The van der Waals surface area contributed by atoms with Crippen LogP contribution in [0.4, 0.5) is 5.69 Å². The van der Waals surface area contributed by atoms with E-state index in [0.717, 1.165) is 21.3 Å². The molecule has 0 bridgehead atoms. The zero-order valence-corrected chi connectivity index (χ0v) is 14.0. The fourth-order valence-corrected chi connectivity index (χ4v) is 2.83. The molecule has 3 aromatic heterocycles. The first-order chi connectivity index (χ1) is 11.7. The molecule has 0 aromatic carbocycles. The average Bonchev–Trinajstić information content (AvgIpc) is 2.58. The smallest absolute Gasteiger partial charge is 0.228 e. The number of hydrogen-bond acceptors (Lipinski definition) is 5. The summed E-state index contributed by atoms with van der Waals surface area (Å²) >= 11 is 1.45. The number of nitrogens with one attached hydrogen (secondary N) is 1. The van der Waals surface area contributed by atoms with Crippen molar-refractivity contribution in [2.24, 2.45) is 0 Å². The van der Waals surface area contributed by atoms with Crippen LogP contribution in [-0.4, -0.2) is 20.9 Å². The first kappa shape index (κ1) is 16.1. The summed E-state index contributed by atoms with van der Waals surface area (Å²) in [5, 5.41) is 4.53. The third kappa shape index (κ3) is 4.63. The molecular weight excluding hydrogens is 320 g/mol. The minimum Gasteiger partial charge on any atom is -0.326 e. The van der Waals surface area contributed by atoms with Crippen LogP contribution in [-0.2, 0) is 11.2 Å². The van der Waals surface area contributed by atoms with Crippen molar-refractivity contribution in [1.29, 1.82) is 0 Å². The molecule has 3 aromatic rings. The van der Waals surface area contributed by atoms with Gasteiger partial charge in [-0.05, 0) is 42.8 Å². The molecule has 0 fully saturated rings. The van der Waals surface area contributed by atoms with E-state index in [1.807, 2.05) is 43.3 Å². The third-order valence-electron chi connectivity index (χ3n) is 3.20. The fourth-order valence-electron chi connectivity index (χ4n) is 2.05. The van der Waals surface area contributed by atoms with Gasteiger partial charge in [-0.3, -0.25) is 9.78 Å². The summed E-state index contributed by atoms with van der Waals surface area (Å²) in [6.45, 7) is 1.92. The maximum atomic E-state index is 12.2. The predicted molar refractivity (Wildman–Crippen MR) is 93.9 cm³/mol. The van der Waals surface area contributed by atoms with E-state index in [4.69, 9.17) is 0 Å². The first-order valence-electron chi connectivity index (χ1n) is 7.45. The van der Waals surface area contributed by atoms with E-state index in [2.05, 4.69) is 20.3 Å². The van der Waals surface area contributed by atoms with E-state index in [9.17, 15) is 4.79 Å². The molecule has 5 nitrogen and oxygen atoms in total. The average molecular weight is 336 g/mol. The monoisotopic (exact) mass is 336 g/mol. The summed E-state index contributed by atoms with van der Waals surface area (Å²) in [6, 6.07) is 13.1. The van der Waals surface area contributed by atoms with Crippen LogP contribution in [0.2, 0.25) is 0 Å². The number of anilines is 1. The van der Waals surface area contributed by atoms with Gasteiger partial charge in [0.1, 0.15) is 10.1 Å². The Kier molecular flexibility index (Phi) is 5.18. The summed E-state index contributed by atoms with van der Waals surface area (Å²) in [5.41, 5.74) is 2.54. The van der Waals surface area contributed by atoms with Gasteiger partial charge in [0.25, 0.3) is 0 Å². The number of carbonyl (C=O) groups is 1. The van der Waals surface area contributed by atoms with Gasteiger partial charge in [0.2, 0.25) is 5.91 Å². The summed E-state index contributed by atoms with van der Waals surface area (Å²) in [6.07, 6.45) is 5.43. The molecule has 3 rings (SSSR count). The Balaban J connectivity index is 1.63. The van der Waals surface area contributed by atoms with Crippen LogP contribution in [0.3, 0.4) is 0 Å². The second kappa shape index (κ2) is 7.70. The van der Waals surface area contributed by atoms with E-state index < -0.39 is 0 Å². The second-order valence-electron chi connectivity index (χ2n) is 5.19. The lowest BCUT2D eigenvalue weighted by molar-refractivity contribution is -0.115. The Bertz CT molecular complexity index is 822. The van der Waals surface area contributed by atoms with Crippen molar-refractivity contribution in [2.45, 2.75) is 23.4 Å². The number of carbonyl (C=O) groups excluding carboxylic acids is 1. The third-order valence-corrected chi connectivity index (χ3v) is 4.09. The number of nitrogens with zero attached hydrogens (tertiary/aromatic N) is 3. The number of aromatic nitrogens is 3. The summed E-state index contributed by atoms with van der Waals surface area (Å²) < 4.78 is 0. The molecule has 1 N–H and O–H groups in total. The van der Waals surface area contributed by atoms with Gasteiger partial charge in [0, 0.05) is 30.0 Å². The van der Waals surface area contributed by atoms with Crippen molar-refractivity contribution in [3.8, 4) is 0 Å². The van der Waals surface area contributed by atoms with E-state index in [1.165, 1.54) is 11.8 Å². The fraction of sp³-hybridized carbons (Fsp3) is 0.111. The molecule has 24 heavy (non-hydrogen) atoms. The van der Waals surface area contributed by atoms with Gasteiger partial charge in [-0.25, -0.2) is 9.97 Å². The molecule has 0 saturated carbocycles. The number of rotatable bonds is 5.